The molecule has 1 N–H and O–H groups in total. The van der Waals surface area contributed by atoms with Crippen LogP contribution >= 0.6 is 11.3 Å². The molecule has 1 aliphatic rings. The van der Waals surface area contributed by atoms with E-state index < -0.39 is 0 Å². The molecule has 0 saturated heterocycles. The van der Waals surface area contributed by atoms with Crippen LogP contribution < -0.4 is 5.32 Å². The average molecular weight is 258 g/mol. The molecule has 0 spiro atoms. The van der Waals surface area contributed by atoms with Crippen LogP contribution in [0.1, 0.15) is 29.7 Å². The van der Waals surface area contributed by atoms with Crippen molar-refractivity contribution in [3.05, 3.63) is 40.4 Å². The fraction of sp³-hybridized carbons (Fsp3) is 0.400. The van der Waals surface area contributed by atoms with Crippen molar-refractivity contribution in [3.8, 4) is 10.6 Å². The van der Waals surface area contributed by atoms with E-state index in [1.807, 2.05) is 7.05 Å². The molecule has 2 nitrogen and oxygen atoms in total. The Morgan fingerprint density at radius 2 is 2.06 bits per heavy atom. The Kier molecular flexibility index (Phi) is 3.43. The lowest BCUT2D eigenvalue weighted by Crippen LogP contribution is -2.05. The minimum atomic E-state index is 0.849. The van der Waals surface area contributed by atoms with Crippen LogP contribution in [0.15, 0.2) is 23.6 Å². The number of benzene rings is 1. The third kappa shape index (κ3) is 2.33. The van der Waals surface area contributed by atoms with Gasteiger partial charge in [0.2, 0.25) is 0 Å². The minimum Gasteiger partial charge on any atom is -0.314 e. The molecule has 0 bridgehead atoms. The molecule has 0 radical (unpaired) electrons. The van der Waals surface area contributed by atoms with Crippen molar-refractivity contribution >= 4 is 11.3 Å². The fourth-order valence-corrected chi connectivity index (χ4v) is 3.39. The van der Waals surface area contributed by atoms with Gasteiger partial charge in [0.1, 0.15) is 5.01 Å². The second-order valence-corrected chi connectivity index (χ2v) is 5.72. The molecule has 1 aromatic carbocycles. The van der Waals surface area contributed by atoms with Crippen molar-refractivity contribution in [2.75, 3.05) is 7.05 Å². The zero-order valence-electron chi connectivity index (χ0n) is 10.7. The molecule has 2 aromatic rings. The summed E-state index contributed by atoms with van der Waals surface area (Å²) in [5.74, 6) is 0. The van der Waals surface area contributed by atoms with Crippen LogP contribution in [0.3, 0.4) is 0 Å². The Morgan fingerprint density at radius 1 is 1.22 bits per heavy atom. The van der Waals surface area contributed by atoms with Gasteiger partial charge in [-0.1, -0.05) is 12.1 Å². The van der Waals surface area contributed by atoms with Gasteiger partial charge >= 0.3 is 0 Å². The number of hydrogen-bond donors (Lipinski definition) is 1. The van der Waals surface area contributed by atoms with Crippen LogP contribution in [0.4, 0.5) is 0 Å². The van der Waals surface area contributed by atoms with Gasteiger partial charge in [-0.15, -0.1) is 11.3 Å². The van der Waals surface area contributed by atoms with Gasteiger partial charge in [0.05, 0.1) is 5.69 Å². The maximum Gasteiger partial charge on any atom is 0.123 e. The number of nitrogens with one attached hydrogen (secondary N) is 1. The lowest BCUT2D eigenvalue weighted by molar-refractivity contribution is 0.686. The van der Waals surface area contributed by atoms with Gasteiger partial charge in [-0.2, -0.15) is 0 Å². The van der Waals surface area contributed by atoms with Crippen molar-refractivity contribution in [2.24, 2.45) is 0 Å². The second kappa shape index (κ2) is 5.21. The molecule has 0 unspecified atom stereocenters. The molecule has 0 aliphatic heterocycles. The lowest BCUT2D eigenvalue weighted by Gasteiger charge is -2.15. The fourth-order valence-electron chi connectivity index (χ4n) is 2.57. The van der Waals surface area contributed by atoms with E-state index in [4.69, 9.17) is 0 Å². The van der Waals surface area contributed by atoms with Crippen molar-refractivity contribution in [1.82, 2.24) is 10.3 Å². The van der Waals surface area contributed by atoms with Crippen molar-refractivity contribution in [3.63, 3.8) is 0 Å². The normalized spacial score (nSPS) is 14.5. The maximum atomic E-state index is 4.68. The minimum absolute atomic E-state index is 0.849. The first kappa shape index (κ1) is 11.9. The molecular formula is C15H18N2S. The van der Waals surface area contributed by atoms with E-state index in [0.29, 0.717) is 0 Å². The Hall–Kier alpha value is -1.19. The van der Waals surface area contributed by atoms with Crippen LogP contribution in [0.25, 0.3) is 10.6 Å². The summed E-state index contributed by atoms with van der Waals surface area (Å²) in [6.45, 7) is 0.849. The molecule has 1 aliphatic carbocycles. The summed E-state index contributed by atoms with van der Waals surface area (Å²) in [7, 11) is 1.96. The number of aryl methyl sites for hydroxylation is 2. The van der Waals surface area contributed by atoms with E-state index in [2.05, 4.69) is 33.9 Å². The molecule has 1 aromatic heterocycles. The zero-order valence-corrected chi connectivity index (χ0v) is 11.5. The molecule has 0 saturated carbocycles. The molecule has 0 amide bonds. The number of thiazole rings is 1. The maximum absolute atomic E-state index is 4.68. The number of nitrogens with zero attached hydrogens (tertiary/aromatic N) is 1. The van der Waals surface area contributed by atoms with E-state index in [9.17, 15) is 0 Å². The SMILES string of the molecule is CNCc1csc(-c2ccc3c(c2)CCCC3)n1. The second-order valence-electron chi connectivity index (χ2n) is 4.86. The Balaban J connectivity index is 1.91. The van der Waals surface area contributed by atoms with Crippen molar-refractivity contribution < 1.29 is 0 Å². The molecule has 1 heterocycles. The van der Waals surface area contributed by atoms with Crippen molar-refractivity contribution in [2.45, 2.75) is 32.2 Å². The predicted molar refractivity (Wildman–Crippen MR) is 77.0 cm³/mol. The van der Waals surface area contributed by atoms with Gasteiger partial charge in [0, 0.05) is 17.5 Å². The molecule has 0 fully saturated rings. The van der Waals surface area contributed by atoms with Crippen LogP contribution in [-0.4, -0.2) is 12.0 Å². The van der Waals surface area contributed by atoms with Gasteiger partial charge in [-0.3, -0.25) is 0 Å². The third-order valence-electron chi connectivity index (χ3n) is 3.51. The highest BCUT2D eigenvalue weighted by Crippen LogP contribution is 2.29. The van der Waals surface area contributed by atoms with Gasteiger partial charge < -0.3 is 5.32 Å². The van der Waals surface area contributed by atoms with E-state index in [1.165, 1.54) is 42.4 Å². The summed E-state index contributed by atoms with van der Waals surface area (Å²) in [6.07, 6.45) is 5.16. The summed E-state index contributed by atoms with van der Waals surface area (Å²) in [5, 5.41) is 6.43. The van der Waals surface area contributed by atoms with Crippen LogP contribution in [0.5, 0.6) is 0 Å². The molecular weight excluding hydrogens is 240 g/mol. The van der Waals surface area contributed by atoms with Gasteiger partial charge in [0.15, 0.2) is 0 Å². The van der Waals surface area contributed by atoms with Crippen LogP contribution in [0.2, 0.25) is 0 Å². The lowest BCUT2D eigenvalue weighted by atomic mass is 9.90. The van der Waals surface area contributed by atoms with Crippen LogP contribution in [0, 0.1) is 0 Å². The number of rotatable bonds is 3. The first-order chi connectivity index (χ1) is 8.86. The summed E-state index contributed by atoms with van der Waals surface area (Å²) in [6, 6.07) is 6.87. The number of hydrogen-bond acceptors (Lipinski definition) is 3. The molecule has 94 valence electrons. The number of aromatic nitrogens is 1. The monoisotopic (exact) mass is 258 g/mol. The summed E-state index contributed by atoms with van der Waals surface area (Å²) in [5.41, 5.74) is 5.49. The zero-order chi connectivity index (χ0) is 12.4. The first-order valence-corrected chi connectivity index (χ1v) is 7.46. The topological polar surface area (TPSA) is 24.9 Å². The van der Waals surface area contributed by atoms with Gasteiger partial charge in [-0.05, 0) is 49.9 Å². The van der Waals surface area contributed by atoms with Gasteiger partial charge in [-0.25, -0.2) is 4.98 Å². The standard InChI is InChI=1S/C15H18N2S/c1-16-9-14-10-18-15(17-14)13-7-6-11-4-2-3-5-12(11)8-13/h6-8,10,16H,2-5,9H2,1H3. The predicted octanol–water partition coefficient (Wildman–Crippen LogP) is 3.41. The quantitative estimate of drug-likeness (QED) is 0.912. The smallest absolute Gasteiger partial charge is 0.123 e. The van der Waals surface area contributed by atoms with Crippen molar-refractivity contribution in [1.29, 1.82) is 0 Å². The summed E-state index contributed by atoms with van der Waals surface area (Å²) in [4.78, 5) is 4.68. The Bertz CT molecular complexity index is 545. The summed E-state index contributed by atoms with van der Waals surface area (Å²) < 4.78 is 0. The highest BCUT2D eigenvalue weighted by molar-refractivity contribution is 7.13. The van der Waals surface area contributed by atoms with E-state index >= 15 is 0 Å². The molecule has 3 heteroatoms. The average Bonchev–Trinajstić information content (AvgIpc) is 2.87. The number of fused-ring (bicyclic) bond motifs is 1. The molecule has 3 rings (SSSR count). The van der Waals surface area contributed by atoms with E-state index in [1.54, 1.807) is 11.3 Å². The van der Waals surface area contributed by atoms with E-state index in [0.717, 1.165) is 17.2 Å². The first-order valence-electron chi connectivity index (χ1n) is 6.58. The molecule has 18 heavy (non-hydrogen) atoms. The largest absolute Gasteiger partial charge is 0.314 e. The van der Waals surface area contributed by atoms with E-state index in [-0.39, 0.29) is 0 Å². The highest BCUT2D eigenvalue weighted by Gasteiger charge is 2.11. The summed E-state index contributed by atoms with van der Waals surface area (Å²) >= 11 is 1.74. The highest BCUT2D eigenvalue weighted by atomic mass is 32.1. The van der Waals surface area contributed by atoms with Gasteiger partial charge in [0.25, 0.3) is 0 Å². The Labute approximate surface area is 112 Å². The van der Waals surface area contributed by atoms with Crippen LogP contribution in [-0.2, 0) is 19.4 Å². The molecule has 0 atom stereocenters. The Morgan fingerprint density at radius 3 is 2.89 bits per heavy atom. The third-order valence-corrected chi connectivity index (χ3v) is 4.45.